The molecule has 0 spiro atoms. The lowest BCUT2D eigenvalue weighted by Crippen LogP contribution is -2.30. The molecule has 166 valence electrons. The number of amides is 1. The van der Waals surface area contributed by atoms with Crippen molar-refractivity contribution in [3.05, 3.63) is 99.5 Å². The Morgan fingerprint density at radius 2 is 1.94 bits per heavy atom. The van der Waals surface area contributed by atoms with Crippen LogP contribution in [0.2, 0.25) is 0 Å². The van der Waals surface area contributed by atoms with Gasteiger partial charge in [-0.1, -0.05) is 43.2 Å². The Hall–Kier alpha value is -3.93. The van der Waals surface area contributed by atoms with Crippen LogP contribution in [0.3, 0.4) is 0 Å². The summed E-state index contributed by atoms with van der Waals surface area (Å²) in [6, 6.07) is 17.6. The minimum atomic E-state index is -0.668. The van der Waals surface area contributed by atoms with Gasteiger partial charge in [0.05, 0.1) is 23.6 Å². The van der Waals surface area contributed by atoms with Crippen molar-refractivity contribution in [2.45, 2.75) is 32.7 Å². The molecule has 6 nitrogen and oxygen atoms in total. The third-order valence-corrected chi connectivity index (χ3v) is 5.86. The monoisotopic (exact) mass is 440 g/mol. The number of hydrogen-bond acceptors (Lipinski definition) is 5. The Kier molecular flexibility index (Phi) is 5.42. The summed E-state index contributed by atoms with van der Waals surface area (Å²) in [7, 11) is 0. The van der Waals surface area contributed by atoms with Crippen molar-refractivity contribution in [1.29, 1.82) is 0 Å². The van der Waals surface area contributed by atoms with Gasteiger partial charge in [0, 0.05) is 6.20 Å². The minimum absolute atomic E-state index is 0.0595. The number of pyridine rings is 1. The highest BCUT2D eigenvalue weighted by molar-refractivity contribution is 6.10. The number of aryl methyl sites for hydroxylation is 1. The van der Waals surface area contributed by atoms with Crippen LogP contribution in [0.4, 0.5) is 5.82 Å². The molecule has 0 saturated carbocycles. The number of benzene rings is 2. The van der Waals surface area contributed by atoms with Gasteiger partial charge in [0.25, 0.3) is 5.91 Å². The highest BCUT2D eigenvalue weighted by Gasteiger charge is 2.44. The molecule has 5 rings (SSSR count). The first kappa shape index (κ1) is 20.9. The average molecular weight is 440 g/mol. The molecule has 1 aliphatic heterocycles. The van der Waals surface area contributed by atoms with Crippen molar-refractivity contribution < 1.29 is 13.9 Å². The number of fused-ring (bicyclic) bond motifs is 2. The molecule has 2 aromatic carbocycles. The van der Waals surface area contributed by atoms with Crippen LogP contribution in [0.25, 0.3) is 11.0 Å². The Labute approximate surface area is 191 Å². The van der Waals surface area contributed by atoms with Crippen molar-refractivity contribution in [3.8, 4) is 5.75 Å². The molecule has 1 aliphatic rings. The van der Waals surface area contributed by atoms with Crippen LogP contribution in [0.5, 0.6) is 5.75 Å². The van der Waals surface area contributed by atoms with Gasteiger partial charge in [-0.05, 0) is 55.3 Å². The number of carbonyl (C=O) groups excluding carboxylic acids is 1. The van der Waals surface area contributed by atoms with Gasteiger partial charge >= 0.3 is 0 Å². The number of anilines is 1. The van der Waals surface area contributed by atoms with Gasteiger partial charge in [-0.2, -0.15) is 0 Å². The zero-order valence-electron chi connectivity index (χ0n) is 18.6. The first-order chi connectivity index (χ1) is 16.1. The van der Waals surface area contributed by atoms with E-state index >= 15 is 0 Å². The van der Waals surface area contributed by atoms with E-state index in [4.69, 9.17) is 9.15 Å². The third kappa shape index (κ3) is 3.67. The zero-order valence-corrected chi connectivity index (χ0v) is 18.6. The molecule has 4 aromatic rings. The van der Waals surface area contributed by atoms with Crippen LogP contribution in [0, 0.1) is 6.92 Å². The fraction of sp³-hybridized carbons (Fsp3) is 0.222. The summed E-state index contributed by atoms with van der Waals surface area (Å²) < 4.78 is 11.9. The van der Waals surface area contributed by atoms with Gasteiger partial charge in [0.15, 0.2) is 5.43 Å². The van der Waals surface area contributed by atoms with E-state index in [1.54, 1.807) is 30.5 Å². The van der Waals surface area contributed by atoms with Crippen LogP contribution < -0.4 is 15.1 Å². The Bertz CT molecular complexity index is 1390. The molecule has 0 fully saturated rings. The van der Waals surface area contributed by atoms with E-state index in [0.29, 0.717) is 34.7 Å². The number of ether oxygens (including phenoxy) is 1. The van der Waals surface area contributed by atoms with Crippen molar-refractivity contribution in [2.75, 3.05) is 11.5 Å². The molecule has 1 unspecified atom stereocenters. The molecule has 0 radical (unpaired) electrons. The summed E-state index contributed by atoms with van der Waals surface area (Å²) in [6.07, 6.45) is 3.61. The van der Waals surface area contributed by atoms with E-state index in [-0.39, 0.29) is 17.1 Å². The first-order valence-electron chi connectivity index (χ1n) is 11.1. The smallest absolute Gasteiger partial charge is 0.296 e. The molecular formula is C27H24N2O4. The van der Waals surface area contributed by atoms with Crippen LogP contribution >= 0.6 is 0 Å². The van der Waals surface area contributed by atoms with Crippen molar-refractivity contribution in [2.24, 2.45) is 0 Å². The third-order valence-electron chi connectivity index (χ3n) is 5.86. The van der Waals surface area contributed by atoms with Crippen molar-refractivity contribution in [1.82, 2.24) is 4.98 Å². The van der Waals surface area contributed by atoms with Gasteiger partial charge in [-0.15, -0.1) is 0 Å². The van der Waals surface area contributed by atoms with E-state index < -0.39 is 6.04 Å². The maximum Gasteiger partial charge on any atom is 0.296 e. The summed E-state index contributed by atoms with van der Waals surface area (Å²) >= 11 is 0. The lowest BCUT2D eigenvalue weighted by molar-refractivity contribution is 0.0970. The fourth-order valence-electron chi connectivity index (χ4n) is 4.24. The Morgan fingerprint density at radius 1 is 1.06 bits per heavy atom. The second-order valence-corrected chi connectivity index (χ2v) is 8.21. The quantitative estimate of drug-likeness (QED) is 0.374. The molecular weight excluding hydrogens is 416 g/mol. The van der Waals surface area contributed by atoms with Crippen molar-refractivity contribution >= 4 is 22.7 Å². The molecule has 2 aromatic heterocycles. The summed E-state index contributed by atoms with van der Waals surface area (Å²) in [5, 5.41) is 0.463. The number of hydrogen-bond donors (Lipinski definition) is 0. The zero-order chi connectivity index (χ0) is 22.9. The van der Waals surface area contributed by atoms with Crippen LogP contribution in [-0.4, -0.2) is 17.5 Å². The molecule has 6 heteroatoms. The number of unbranched alkanes of at least 4 members (excludes halogenated alkanes) is 1. The highest BCUT2D eigenvalue weighted by atomic mass is 16.5. The second-order valence-electron chi connectivity index (χ2n) is 8.21. The lowest BCUT2D eigenvalue weighted by Gasteiger charge is -2.24. The lowest BCUT2D eigenvalue weighted by atomic mass is 9.98. The summed E-state index contributed by atoms with van der Waals surface area (Å²) in [5.74, 6) is 0.828. The van der Waals surface area contributed by atoms with Crippen LogP contribution in [-0.2, 0) is 0 Å². The van der Waals surface area contributed by atoms with E-state index in [2.05, 4.69) is 11.9 Å². The second kappa shape index (κ2) is 8.54. The fourth-order valence-corrected chi connectivity index (χ4v) is 4.24. The molecule has 0 saturated heterocycles. The highest BCUT2D eigenvalue weighted by Crippen LogP contribution is 2.41. The van der Waals surface area contributed by atoms with Crippen molar-refractivity contribution in [3.63, 3.8) is 0 Å². The van der Waals surface area contributed by atoms with E-state index in [9.17, 15) is 9.59 Å². The standard InChI is InChI=1S/C27H24N2O4/c1-3-4-14-32-19-9-7-8-18(16-19)24-23-25(30)20-15-17(2)11-12-21(20)33-26(23)27(31)29(24)22-10-5-6-13-28-22/h5-13,15-16,24H,3-4,14H2,1-2H3. The normalized spacial score (nSPS) is 15.2. The topological polar surface area (TPSA) is 72.6 Å². The molecule has 33 heavy (non-hydrogen) atoms. The molecule has 1 amide bonds. The van der Waals surface area contributed by atoms with Gasteiger partial charge in [-0.25, -0.2) is 4.98 Å². The van der Waals surface area contributed by atoms with Crippen LogP contribution in [0.15, 0.2) is 76.1 Å². The van der Waals surface area contributed by atoms with Gasteiger partial charge < -0.3 is 9.15 Å². The van der Waals surface area contributed by atoms with E-state index in [1.165, 1.54) is 4.90 Å². The van der Waals surface area contributed by atoms with Gasteiger partial charge in [0.1, 0.15) is 17.2 Å². The maximum atomic E-state index is 13.7. The largest absolute Gasteiger partial charge is 0.494 e. The van der Waals surface area contributed by atoms with Gasteiger partial charge in [-0.3, -0.25) is 14.5 Å². The SMILES string of the molecule is CCCCOc1cccc(C2c3c(oc4ccc(C)cc4c3=O)C(=O)N2c2ccccn2)c1. The summed E-state index contributed by atoms with van der Waals surface area (Å²) in [5.41, 5.74) is 2.24. The minimum Gasteiger partial charge on any atom is -0.494 e. The predicted molar refractivity (Wildman–Crippen MR) is 127 cm³/mol. The number of carbonyl (C=O) groups is 1. The number of rotatable bonds is 6. The summed E-state index contributed by atoms with van der Waals surface area (Å²) in [4.78, 5) is 33.2. The van der Waals surface area contributed by atoms with E-state index in [0.717, 1.165) is 24.0 Å². The molecule has 0 aliphatic carbocycles. The molecule has 0 N–H and O–H groups in total. The van der Waals surface area contributed by atoms with Gasteiger partial charge in [0.2, 0.25) is 5.76 Å². The molecule has 1 atom stereocenters. The summed E-state index contributed by atoms with van der Waals surface area (Å²) in [6.45, 7) is 4.64. The molecule has 0 bridgehead atoms. The number of nitrogens with zero attached hydrogens (tertiary/aromatic N) is 2. The van der Waals surface area contributed by atoms with E-state index in [1.807, 2.05) is 43.3 Å². The maximum absolute atomic E-state index is 13.7. The first-order valence-corrected chi connectivity index (χ1v) is 11.1. The van der Waals surface area contributed by atoms with Crippen LogP contribution in [0.1, 0.15) is 53.1 Å². The molecule has 3 heterocycles. The Morgan fingerprint density at radius 3 is 2.73 bits per heavy atom. The Balaban J connectivity index is 1.71. The predicted octanol–water partition coefficient (Wildman–Crippen LogP) is 5.43. The average Bonchev–Trinajstić information content (AvgIpc) is 3.13. The number of aromatic nitrogens is 1.